The Morgan fingerprint density at radius 1 is 1.36 bits per heavy atom. The number of hydrogen-bond donors (Lipinski definition) is 1. The van der Waals surface area contributed by atoms with Crippen molar-refractivity contribution >= 4 is 33.6 Å². The summed E-state index contributed by atoms with van der Waals surface area (Å²) < 4.78 is 11.0. The summed E-state index contributed by atoms with van der Waals surface area (Å²) in [6, 6.07) is 1.82. The molecule has 0 amide bonds. The maximum Gasteiger partial charge on any atom is 0.308 e. The molecule has 0 aliphatic rings. The van der Waals surface area contributed by atoms with E-state index in [-0.39, 0.29) is 25.0 Å². The molecule has 1 heterocycles. The van der Waals surface area contributed by atoms with Gasteiger partial charge in [-0.05, 0) is 42.8 Å². The first kappa shape index (κ1) is 18.4. The predicted molar refractivity (Wildman–Crippen MR) is 86.4 cm³/mol. The molecule has 0 aromatic carbocycles. The number of anilines is 1. The number of nitrogens with zero attached hydrogens (tertiary/aromatic N) is 1. The summed E-state index contributed by atoms with van der Waals surface area (Å²) in [5, 5.41) is 3.11. The maximum absolute atomic E-state index is 11.7. The molecular formula is C15H21BrN2O4. The first-order valence-electron chi connectivity index (χ1n) is 6.91. The number of pyridine rings is 1. The van der Waals surface area contributed by atoms with Crippen molar-refractivity contribution in [3.8, 4) is 0 Å². The van der Waals surface area contributed by atoms with Gasteiger partial charge in [0.05, 0.1) is 12.1 Å². The third kappa shape index (κ3) is 7.40. The Morgan fingerprint density at radius 2 is 2.05 bits per heavy atom. The van der Waals surface area contributed by atoms with Gasteiger partial charge in [0.1, 0.15) is 17.9 Å². The van der Waals surface area contributed by atoms with E-state index >= 15 is 0 Å². The van der Waals surface area contributed by atoms with E-state index in [9.17, 15) is 9.59 Å². The van der Waals surface area contributed by atoms with Gasteiger partial charge in [0.15, 0.2) is 0 Å². The molecule has 1 aromatic heterocycles. The summed E-state index contributed by atoms with van der Waals surface area (Å²) in [4.78, 5) is 26.8. The lowest BCUT2D eigenvalue weighted by molar-refractivity contribution is -0.154. The lowest BCUT2D eigenvalue weighted by Gasteiger charge is -2.19. The average molecular weight is 373 g/mol. The maximum atomic E-state index is 11.7. The van der Waals surface area contributed by atoms with Gasteiger partial charge in [-0.25, -0.2) is 0 Å². The van der Waals surface area contributed by atoms with Crippen LogP contribution in [0.4, 0.5) is 5.69 Å². The molecule has 0 spiro atoms. The van der Waals surface area contributed by atoms with Crippen molar-refractivity contribution in [2.45, 2.75) is 46.3 Å². The molecule has 0 bridgehead atoms. The van der Waals surface area contributed by atoms with Crippen molar-refractivity contribution in [1.29, 1.82) is 0 Å². The summed E-state index contributed by atoms with van der Waals surface area (Å²) in [6.45, 7) is 7.31. The van der Waals surface area contributed by atoms with E-state index in [0.29, 0.717) is 17.9 Å². The highest BCUT2D eigenvalue weighted by Gasteiger charge is 2.16. The van der Waals surface area contributed by atoms with Crippen molar-refractivity contribution in [1.82, 2.24) is 4.98 Å². The molecule has 7 heteroatoms. The molecule has 1 N–H and O–H groups in total. The Bertz CT molecular complexity index is 541. The highest BCUT2D eigenvalue weighted by Crippen LogP contribution is 2.20. The largest absolute Gasteiger partial charge is 0.460 e. The summed E-state index contributed by atoms with van der Waals surface area (Å²) in [5.41, 5.74) is 0.816. The zero-order chi connectivity index (χ0) is 16.8. The molecule has 122 valence electrons. The fourth-order valence-electron chi connectivity index (χ4n) is 1.60. The molecule has 22 heavy (non-hydrogen) atoms. The van der Waals surface area contributed by atoms with Crippen LogP contribution >= 0.6 is 15.9 Å². The standard InChI is InChI=1S/C15H21BrN2O4/c1-10(19)21-9-13-12(7-11(16)8-18-13)17-6-5-14(20)22-15(2,3)4/h7-8,17H,5-6,9H2,1-4H3. The van der Waals surface area contributed by atoms with Crippen LogP contribution in [0.15, 0.2) is 16.7 Å². The Kier molecular flexibility index (Phi) is 6.80. The number of carbonyl (C=O) groups excluding carboxylic acids is 2. The van der Waals surface area contributed by atoms with E-state index in [2.05, 4.69) is 26.2 Å². The smallest absolute Gasteiger partial charge is 0.308 e. The number of halogens is 1. The molecule has 0 fully saturated rings. The zero-order valence-electron chi connectivity index (χ0n) is 13.2. The van der Waals surface area contributed by atoms with Gasteiger partial charge in [0, 0.05) is 24.1 Å². The van der Waals surface area contributed by atoms with Gasteiger partial charge in [-0.15, -0.1) is 0 Å². The minimum Gasteiger partial charge on any atom is -0.460 e. The fraction of sp³-hybridized carbons (Fsp3) is 0.533. The number of aromatic nitrogens is 1. The van der Waals surface area contributed by atoms with E-state index in [1.165, 1.54) is 6.92 Å². The van der Waals surface area contributed by atoms with Gasteiger partial charge < -0.3 is 14.8 Å². The van der Waals surface area contributed by atoms with Gasteiger partial charge in [-0.1, -0.05) is 0 Å². The van der Waals surface area contributed by atoms with E-state index in [1.807, 2.05) is 26.8 Å². The van der Waals surface area contributed by atoms with E-state index in [4.69, 9.17) is 9.47 Å². The predicted octanol–water partition coefficient (Wildman–Crippen LogP) is 3.05. The van der Waals surface area contributed by atoms with Crippen LogP contribution < -0.4 is 5.32 Å². The minimum absolute atomic E-state index is 0.0807. The van der Waals surface area contributed by atoms with Gasteiger partial charge in [0.25, 0.3) is 0 Å². The lowest BCUT2D eigenvalue weighted by Crippen LogP contribution is -2.25. The number of nitrogens with one attached hydrogen (secondary N) is 1. The molecule has 0 radical (unpaired) electrons. The van der Waals surface area contributed by atoms with Crippen molar-refractivity contribution in [3.63, 3.8) is 0 Å². The SMILES string of the molecule is CC(=O)OCc1ncc(Br)cc1NCCC(=O)OC(C)(C)C. The van der Waals surface area contributed by atoms with Gasteiger partial charge >= 0.3 is 11.9 Å². The lowest BCUT2D eigenvalue weighted by atomic mass is 10.2. The second kappa shape index (κ2) is 8.12. The number of rotatable bonds is 6. The van der Waals surface area contributed by atoms with Crippen LogP contribution in [0.2, 0.25) is 0 Å². The second-order valence-electron chi connectivity index (χ2n) is 5.69. The van der Waals surface area contributed by atoms with Crippen LogP contribution in [-0.2, 0) is 25.7 Å². The van der Waals surface area contributed by atoms with Gasteiger partial charge in [0.2, 0.25) is 0 Å². The normalized spacial score (nSPS) is 11.0. The molecule has 0 aliphatic heterocycles. The summed E-state index contributed by atoms with van der Waals surface area (Å²) in [5.74, 6) is -0.645. The minimum atomic E-state index is -0.491. The number of carbonyl (C=O) groups is 2. The van der Waals surface area contributed by atoms with Crippen molar-refractivity contribution in [3.05, 3.63) is 22.4 Å². The third-order valence-electron chi connectivity index (χ3n) is 2.41. The molecule has 1 aromatic rings. The first-order chi connectivity index (χ1) is 10.2. The quantitative estimate of drug-likeness (QED) is 0.773. The molecular weight excluding hydrogens is 352 g/mol. The number of hydrogen-bond acceptors (Lipinski definition) is 6. The Hall–Kier alpha value is -1.63. The van der Waals surface area contributed by atoms with Crippen molar-refractivity contribution < 1.29 is 19.1 Å². The van der Waals surface area contributed by atoms with Crippen LogP contribution in [0.3, 0.4) is 0 Å². The first-order valence-corrected chi connectivity index (χ1v) is 7.70. The van der Waals surface area contributed by atoms with E-state index in [1.54, 1.807) is 6.20 Å². The number of esters is 2. The summed E-state index contributed by atoms with van der Waals surface area (Å²) >= 11 is 3.34. The van der Waals surface area contributed by atoms with Crippen LogP contribution in [0.5, 0.6) is 0 Å². The van der Waals surface area contributed by atoms with Gasteiger partial charge in [-0.2, -0.15) is 0 Å². The molecule has 0 aliphatic carbocycles. The molecule has 0 unspecified atom stereocenters. The average Bonchev–Trinajstić information content (AvgIpc) is 2.35. The van der Waals surface area contributed by atoms with Crippen molar-refractivity contribution in [2.24, 2.45) is 0 Å². The van der Waals surface area contributed by atoms with Gasteiger partial charge in [-0.3, -0.25) is 14.6 Å². The number of ether oxygens (including phenoxy) is 2. The van der Waals surface area contributed by atoms with Crippen LogP contribution in [0.1, 0.15) is 39.8 Å². The Labute approximate surface area is 138 Å². The highest BCUT2D eigenvalue weighted by molar-refractivity contribution is 9.10. The van der Waals surface area contributed by atoms with Crippen LogP contribution in [0.25, 0.3) is 0 Å². The molecule has 0 saturated carbocycles. The van der Waals surface area contributed by atoms with Crippen LogP contribution in [0, 0.1) is 0 Å². The molecule has 0 atom stereocenters. The molecule has 0 saturated heterocycles. The monoisotopic (exact) mass is 372 g/mol. The second-order valence-corrected chi connectivity index (χ2v) is 6.61. The topological polar surface area (TPSA) is 77.5 Å². The summed E-state index contributed by atoms with van der Waals surface area (Å²) in [6.07, 6.45) is 1.86. The van der Waals surface area contributed by atoms with Crippen LogP contribution in [-0.4, -0.2) is 29.1 Å². The Balaban J connectivity index is 2.58. The molecule has 6 nitrogen and oxygen atoms in total. The van der Waals surface area contributed by atoms with E-state index < -0.39 is 5.60 Å². The fourth-order valence-corrected chi connectivity index (χ4v) is 1.93. The Morgan fingerprint density at radius 3 is 2.64 bits per heavy atom. The zero-order valence-corrected chi connectivity index (χ0v) is 14.8. The highest BCUT2D eigenvalue weighted by atomic mass is 79.9. The molecule has 1 rings (SSSR count). The third-order valence-corrected chi connectivity index (χ3v) is 2.85. The summed E-state index contributed by atoms with van der Waals surface area (Å²) in [7, 11) is 0. The van der Waals surface area contributed by atoms with Crippen molar-refractivity contribution in [2.75, 3.05) is 11.9 Å². The van der Waals surface area contributed by atoms with E-state index in [0.717, 1.165) is 4.47 Å².